The third-order valence-corrected chi connectivity index (χ3v) is 3.33. The number of hydrogen-bond donors (Lipinski definition) is 0. The zero-order valence-electron chi connectivity index (χ0n) is 12.4. The minimum atomic E-state index is 0.0715. The van der Waals surface area contributed by atoms with Gasteiger partial charge in [-0.3, -0.25) is 4.99 Å². The molecule has 1 aromatic heterocycles. The highest BCUT2D eigenvalue weighted by atomic mass is 15.6. The fourth-order valence-corrected chi connectivity index (χ4v) is 2.12. The Morgan fingerprint density at radius 3 is 2.45 bits per heavy atom. The van der Waals surface area contributed by atoms with Crippen LogP contribution in [0.25, 0.3) is 0 Å². The van der Waals surface area contributed by atoms with Gasteiger partial charge in [0.25, 0.3) is 0 Å². The average Bonchev–Trinajstić information content (AvgIpc) is 3.02. The summed E-state index contributed by atoms with van der Waals surface area (Å²) in [6.45, 7) is 2.65. The summed E-state index contributed by atoms with van der Waals surface area (Å²) >= 11 is 0. The fraction of sp³-hybridized carbons (Fsp3) is 0.176. The largest absolute Gasteiger partial charge is 0.281 e. The van der Waals surface area contributed by atoms with E-state index in [4.69, 9.17) is 0 Å². The minimum Gasteiger partial charge on any atom is -0.281 e. The van der Waals surface area contributed by atoms with Crippen molar-refractivity contribution < 1.29 is 0 Å². The number of rotatable bonds is 5. The molecular formula is C17H17N5. The van der Waals surface area contributed by atoms with E-state index in [9.17, 15) is 0 Å². The Morgan fingerprint density at radius 2 is 1.73 bits per heavy atom. The zero-order valence-corrected chi connectivity index (χ0v) is 12.4. The van der Waals surface area contributed by atoms with Crippen LogP contribution in [-0.4, -0.2) is 26.4 Å². The second-order valence-electron chi connectivity index (χ2n) is 5.03. The number of aliphatic imine (C=N–C) groups is 1. The van der Waals surface area contributed by atoms with Gasteiger partial charge in [-0.05, 0) is 23.3 Å². The summed E-state index contributed by atoms with van der Waals surface area (Å²) in [5, 5.41) is 12.4. The zero-order chi connectivity index (χ0) is 15.2. The highest BCUT2D eigenvalue weighted by Crippen LogP contribution is 2.15. The maximum absolute atomic E-state index is 4.48. The van der Waals surface area contributed by atoms with Crippen molar-refractivity contribution in [1.82, 2.24) is 20.2 Å². The first-order chi connectivity index (χ1) is 10.8. The van der Waals surface area contributed by atoms with E-state index in [1.165, 1.54) is 0 Å². The van der Waals surface area contributed by atoms with Gasteiger partial charge in [-0.25, -0.2) is 0 Å². The molecule has 0 amide bonds. The standard InChI is InChI=1S/C17H17N5/c1-14(16-10-6-3-7-11-16)18-12-17-19-21-22(20-17)13-15-8-4-2-5-9-15/h2-12,14H,13H2,1H3/t14-/m1/s1. The Hall–Kier alpha value is -2.82. The van der Waals surface area contributed by atoms with Gasteiger partial charge in [-0.1, -0.05) is 60.7 Å². The van der Waals surface area contributed by atoms with Gasteiger partial charge in [0.15, 0.2) is 0 Å². The van der Waals surface area contributed by atoms with E-state index in [2.05, 4.69) is 32.5 Å². The van der Waals surface area contributed by atoms with Gasteiger partial charge in [0.05, 0.1) is 18.8 Å². The molecule has 5 heteroatoms. The molecule has 22 heavy (non-hydrogen) atoms. The summed E-state index contributed by atoms with van der Waals surface area (Å²) in [6.07, 6.45) is 1.67. The topological polar surface area (TPSA) is 56.0 Å². The second-order valence-corrected chi connectivity index (χ2v) is 5.03. The highest BCUT2D eigenvalue weighted by molar-refractivity contribution is 5.74. The van der Waals surface area contributed by atoms with Crippen molar-refractivity contribution >= 4 is 6.21 Å². The normalized spacial score (nSPS) is 12.6. The molecule has 0 radical (unpaired) electrons. The molecule has 0 fully saturated rings. The third-order valence-electron chi connectivity index (χ3n) is 3.33. The predicted octanol–water partition coefficient (Wildman–Crippen LogP) is 2.90. The molecule has 110 valence electrons. The summed E-state index contributed by atoms with van der Waals surface area (Å²) < 4.78 is 0. The molecule has 0 aliphatic heterocycles. The van der Waals surface area contributed by atoms with Crippen molar-refractivity contribution in [1.29, 1.82) is 0 Å². The van der Waals surface area contributed by atoms with Gasteiger partial charge in [0.2, 0.25) is 5.82 Å². The Balaban J connectivity index is 1.65. The van der Waals surface area contributed by atoms with Crippen LogP contribution in [-0.2, 0) is 6.54 Å². The molecule has 1 atom stereocenters. The van der Waals surface area contributed by atoms with Crippen LogP contribution in [0.3, 0.4) is 0 Å². The van der Waals surface area contributed by atoms with E-state index < -0.39 is 0 Å². The van der Waals surface area contributed by atoms with Crippen molar-refractivity contribution in [2.45, 2.75) is 19.5 Å². The Morgan fingerprint density at radius 1 is 1.05 bits per heavy atom. The van der Waals surface area contributed by atoms with Crippen LogP contribution in [0.15, 0.2) is 65.7 Å². The number of hydrogen-bond acceptors (Lipinski definition) is 4. The Labute approximate surface area is 129 Å². The van der Waals surface area contributed by atoms with Crippen LogP contribution < -0.4 is 0 Å². The van der Waals surface area contributed by atoms with Gasteiger partial charge in [-0.15, -0.1) is 10.2 Å². The van der Waals surface area contributed by atoms with E-state index in [1.807, 2.05) is 55.5 Å². The number of aromatic nitrogens is 4. The molecule has 3 aromatic rings. The first-order valence-corrected chi connectivity index (χ1v) is 7.21. The van der Waals surface area contributed by atoms with Gasteiger partial charge < -0.3 is 0 Å². The Kier molecular flexibility index (Phi) is 4.34. The molecule has 0 saturated carbocycles. The third kappa shape index (κ3) is 3.63. The minimum absolute atomic E-state index is 0.0715. The summed E-state index contributed by atoms with van der Waals surface area (Å²) in [6, 6.07) is 20.3. The lowest BCUT2D eigenvalue weighted by Gasteiger charge is -2.04. The lowest BCUT2D eigenvalue weighted by molar-refractivity contribution is 0.572. The molecule has 0 bridgehead atoms. The molecule has 3 rings (SSSR count). The molecule has 5 nitrogen and oxygen atoms in total. The van der Waals surface area contributed by atoms with Crippen molar-refractivity contribution in [3.05, 3.63) is 77.6 Å². The molecule has 0 unspecified atom stereocenters. The first kappa shape index (κ1) is 14.1. The van der Waals surface area contributed by atoms with E-state index in [-0.39, 0.29) is 6.04 Å². The van der Waals surface area contributed by atoms with Gasteiger partial charge in [0.1, 0.15) is 0 Å². The summed E-state index contributed by atoms with van der Waals surface area (Å²) in [5.74, 6) is 0.527. The molecule has 0 saturated heterocycles. The van der Waals surface area contributed by atoms with Crippen LogP contribution in [0.4, 0.5) is 0 Å². The first-order valence-electron chi connectivity index (χ1n) is 7.21. The lowest BCUT2D eigenvalue weighted by atomic mass is 10.1. The highest BCUT2D eigenvalue weighted by Gasteiger charge is 2.04. The molecule has 2 aromatic carbocycles. The van der Waals surface area contributed by atoms with Crippen LogP contribution in [0.5, 0.6) is 0 Å². The monoisotopic (exact) mass is 291 g/mol. The maximum atomic E-state index is 4.48. The van der Waals surface area contributed by atoms with Crippen molar-refractivity contribution in [2.24, 2.45) is 4.99 Å². The fourth-order valence-electron chi connectivity index (χ4n) is 2.12. The summed E-state index contributed by atoms with van der Waals surface area (Å²) in [5.41, 5.74) is 2.30. The molecule has 0 aliphatic carbocycles. The SMILES string of the molecule is C[C@@H](N=Cc1nnn(Cc2ccccc2)n1)c1ccccc1. The van der Waals surface area contributed by atoms with Crippen molar-refractivity contribution in [3.8, 4) is 0 Å². The summed E-state index contributed by atoms with van der Waals surface area (Å²) in [7, 11) is 0. The van der Waals surface area contributed by atoms with E-state index in [0.29, 0.717) is 12.4 Å². The smallest absolute Gasteiger partial charge is 0.215 e. The van der Waals surface area contributed by atoms with Crippen LogP contribution in [0.2, 0.25) is 0 Å². The van der Waals surface area contributed by atoms with E-state index in [0.717, 1.165) is 11.1 Å². The van der Waals surface area contributed by atoms with Gasteiger partial charge in [-0.2, -0.15) is 4.80 Å². The van der Waals surface area contributed by atoms with Crippen LogP contribution in [0.1, 0.15) is 29.9 Å². The quantitative estimate of drug-likeness (QED) is 0.679. The second kappa shape index (κ2) is 6.76. The molecule has 0 spiro atoms. The average molecular weight is 291 g/mol. The van der Waals surface area contributed by atoms with Gasteiger partial charge in [0, 0.05) is 0 Å². The van der Waals surface area contributed by atoms with Crippen LogP contribution >= 0.6 is 0 Å². The van der Waals surface area contributed by atoms with Crippen LogP contribution in [0, 0.1) is 0 Å². The molecule has 1 heterocycles. The number of tetrazole rings is 1. The molecule has 0 aliphatic rings. The summed E-state index contributed by atoms with van der Waals surface area (Å²) in [4.78, 5) is 6.05. The predicted molar refractivity (Wildman–Crippen MR) is 85.8 cm³/mol. The number of nitrogens with zero attached hydrogens (tertiary/aromatic N) is 5. The number of benzene rings is 2. The van der Waals surface area contributed by atoms with E-state index >= 15 is 0 Å². The maximum Gasteiger partial charge on any atom is 0.215 e. The van der Waals surface area contributed by atoms with Crippen molar-refractivity contribution in [3.63, 3.8) is 0 Å². The van der Waals surface area contributed by atoms with Gasteiger partial charge >= 0.3 is 0 Å². The lowest BCUT2D eigenvalue weighted by Crippen LogP contribution is -2.04. The van der Waals surface area contributed by atoms with Crippen molar-refractivity contribution in [2.75, 3.05) is 0 Å². The Bertz CT molecular complexity index is 734. The van der Waals surface area contributed by atoms with E-state index in [1.54, 1.807) is 11.0 Å². The molecular weight excluding hydrogens is 274 g/mol. The molecule has 0 N–H and O–H groups in total.